The minimum absolute atomic E-state index is 0.244. The number of ether oxygens (including phenoxy) is 2. The number of amides is 2. The van der Waals surface area contributed by atoms with Gasteiger partial charge in [-0.25, -0.2) is 14.3 Å². The third kappa shape index (κ3) is 7.61. The topological polar surface area (TPSA) is 119 Å². The molecule has 2 aromatic heterocycles. The Morgan fingerprint density at radius 3 is 2.21 bits per heavy atom. The van der Waals surface area contributed by atoms with E-state index in [1.165, 1.54) is 0 Å². The van der Waals surface area contributed by atoms with Gasteiger partial charge in [-0.15, -0.1) is 0 Å². The molecule has 242 valence electrons. The molecule has 6 rings (SSSR count). The molecule has 0 aliphatic heterocycles. The maximum absolute atomic E-state index is 12.9. The number of nitrogens with one attached hydrogen (secondary N) is 3. The summed E-state index contributed by atoms with van der Waals surface area (Å²) in [5.41, 5.74) is 6.93. The molecule has 0 saturated carbocycles. The minimum atomic E-state index is -0.568. The van der Waals surface area contributed by atoms with E-state index in [0.717, 1.165) is 44.9 Å². The Hall–Kier alpha value is -6.16. The van der Waals surface area contributed by atoms with Crippen LogP contribution in [0.25, 0.3) is 27.9 Å². The predicted octanol–water partition coefficient (Wildman–Crippen LogP) is 8.09. The van der Waals surface area contributed by atoms with E-state index in [0.29, 0.717) is 23.7 Å². The minimum Gasteiger partial charge on any atom is -0.496 e. The molecule has 3 N–H and O–H groups in total. The van der Waals surface area contributed by atoms with E-state index in [9.17, 15) is 9.59 Å². The van der Waals surface area contributed by atoms with Gasteiger partial charge in [-0.3, -0.25) is 4.79 Å². The summed E-state index contributed by atoms with van der Waals surface area (Å²) < 4.78 is 12.5. The van der Waals surface area contributed by atoms with Crippen LogP contribution in [0.2, 0.25) is 0 Å². The molecule has 2 heterocycles. The summed E-state index contributed by atoms with van der Waals surface area (Å²) in [6.45, 7) is 5.72. The molecule has 0 unspecified atom stereocenters. The number of nitrogens with zero attached hydrogens (tertiary/aromatic N) is 3. The SMILES string of the molecule is COc1ccccc1-c1ccc(-c2cc3ccnn3c(Nc3ccc(NC(=O)c4ccc(CNC(=O)OC(C)(C)C)cc4)cc3)n2)cc1. The molecule has 0 spiro atoms. The summed E-state index contributed by atoms with van der Waals surface area (Å²) in [5, 5.41) is 13.5. The number of methoxy groups -OCH3 is 1. The van der Waals surface area contributed by atoms with Crippen LogP contribution in [0.4, 0.5) is 22.1 Å². The lowest BCUT2D eigenvalue weighted by atomic mass is 10.0. The maximum Gasteiger partial charge on any atom is 0.407 e. The van der Waals surface area contributed by atoms with Gasteiger partial charge in [0.25, 0.3) is 5.91 Å². The van der Waals surface area contributed by atoms with Gasteiger partial charge in [0.1, 0.15) is 11.4 Å². The smallest absolute Gasteiger partial charge is 0.407 e. The van der Waals surface area contributed by atoms with E-state index in [2.05, 4.69) is 33.2 Å². The number of carbonyl (C=O) groups is 2. The van der Waals surface area contributed by atoms with Gasteiger partial charge in [0.15, 0.2) is 0 Å². The fourth-order valence-corrected chi connectivity index (χ4v) is 5.10. The standard InChI is InChI=1S/C38H36N6O4/c1-38(2,3)48-37(46)39-24-25-9-11-28(12-10-25)35(45)41-29-17-19-30(20-18-29)42-36-43-33(23-31-21-22-40-44(31)36)27-15-13-26(14-16-27)32-7-5-6-8-34(32)47-4/h5-23H,24H2,1-4H3,(H,39,46)(H,41,45)(H,42,43). The van der Waals surface area contributed by atoms with Crippen LogP contribution >= 0.6 is 0 Å². The van der Waals surface area contributed by atoms with Crippen molar-refractivity contribution in [2.75, 3.05) is 17.7 Å². The van der Waals surface area contributed by atoms with Gasteiger partial charge < -0.3 is 25.4 Å². The van der Waals surface area contributed by atoms with Crippen LogP contribution in [0.1, 0.15) is 36.7 Å². The van der Waals surface area contributed by atoms with Crippen LogP contribution in [0.3, 0.4) is 0 Å². The first-order valence-electron chi connectivity index (χ1n) is 15.5. The van der Waals surface area contributed by atoms with Crippen LogP contribution < -0.4 is 20.7 Å². The second kappa shape index (κ2) is 13.7. The van der Waals surface area contributed by atoms with E-state index < -0.39 is 11.7 Å². The van der Waals surface area contributed by atoms with Crippen molar-refractivity contribution in [1.29, 1.82) is 0 Å². The predicted molar refractivity (Wildman–Crippen MR) is 188 cm³/mol. The number of alkyl carbamates (subject to hydrolysis) is 1. The zero-order valence-corrected chi connectivity index (χ0v) is 27.2. The van der Waals surface area contributed by atoms with Crippen molar-refractivity contribution in [3.63, 3.8) is 0 Å². The zero-order valence-electron chi connectivity index (χ0n) is 27.2. The summed E-state index contributed by atoms with van der Waals surface area (Å²) in [6, 6.07) is 34.5. The second-order valence-electron chi connectivity index (χ2n) is 12.1. The number of hydrogen-bond donors (Lipinski definition) is 3. The van der Waals surface area contributed by atoms with Crippen molar-refractivity contribution < 1.29 is 19.1 Å². The number of aromatic nitrogens is 3. The fourth-order valence-electron chi connectivity index (χ4n) is 5.10. The van der Waals surface area contributed by atoms with Crippen LogP contribution in [0, 0.1) is 0 Å². The maximum atomic E-state index is 12.9. The second-order valence-corrected chi connectivity index (χ2v) is 12.1. The molecule has 0 fully saturated rings. The molecule has 0 aliphatic rings. The average molecular weight is 641 g/mol. The molecule has 0 aliphatic carbocycles. The largest absolute Gasteiger partial charge is 0.496 e. The Morgan fingerprint density at radius 2 is 1.50 bits per heavy atom. The van der Waals surface area contributed by atoms with Gasteiger partial charge >= 0.3 is 6.09 Å². The zero-order chi connectivity index (χ0) is 33.7. The summed E-state index contributed by atoms with van der Waals surface area (Å²) in [6.07, 6.45) is 1.25. The average Bonchev–Trinajstić information content (AvgIpc) is 3.57. The van der Waals surface area contributed by atoms with E-state index in [1.54, 1.807) is 42.1 Å². The number of fused-ring (bicyclic) bond motifs is 1. The lowest BCUT2D eigenvalue weighted by molar-refractivity contribution is 0.0523. The number of carbonyl (C=O) groups excluding carboxylic acids is 2. The summed E-state index contributed by atoms with van der Waals surface area (Å²) in [5.74, 6) is 1.13. The number of hydrogen-bond acceptors (Lipinski definition) is 7. The Kier molecular flexibility index (Phi) is 9.06. The lowest BCUT2D eigenvalue weighted by Gasteiger charge is -2.19. The van der Waals surface area contributed by atoms with Crippen LogP contribution in [0.5, 0.6) is 5.75 Å². The molecule has 6 aromatic rings. The Labute approximate surface area is 278 Å². The first-order valence-corrected chi connectivity index (χ1v) is 15.5. The molecule has 0 saturated heterocycles. The molecule has 0 bridgehead atoms. The first kappa shape index (κ1) is 31.8. The van der Waals surface area contributed by atoms with Gasteiger partial charge in [0.05, 0.1) is 24.5 Å². The normalized spacial score (nSPS) is 11.2. The highest BCUT2D eigenvalue weighted by molar-refractivity contribution is 6.04. The van der Waals surface area contributed by atoms with Crippen molar-refractivity contribution >= 4 is 34.8 Å². The molecule has 0 radical (unpaired) electrons. The molecule has 10 nitrogen and oxygen atoms in total. The summed E-state index contributed by atoms with van der Waals surface area (Å²) >= 11 is 0. The highest BCUT2D eigenvalue weighted by Gasteiger charge is 2.16. The highest BCUT2D eigenvalue weighted by atomic mass is 16.6. The molecule has 2 amide bonds. The highest BCUT2D eigenvalue weighted by Crippen LogP contribution is 2.32. The van der Waals surface area contributed by atoms with E-state index in [1.807, 2.05) is 93.6 Å². The summed E-state index contributed by atoms with van der Waals surface area (Å²) in [4.78, 5) is 29.7. The third-order valence-electron chi connectivity index (χ3n) is 7.43. The van der Waals surface area contributed by atoms with Crippen LogP contribution in [-0.2, 0) is 11.3 Å². The Balaban J connectivity index is 1.11. The van der Waals surface area contributed by atoms with Gasteiger partial charge in [-0.2, -0.15) is 5.10 Å². The third-order valence-corrected chi connectivity index (χ3v) is 7.43. The Bertz CT molecular complexity index is 2050. The first-order chi connectivity index (χ1) is 23.1. The number of rotatable bonds is 9. The Morgan fingerprint density at radius 1 is 0.812 bits per heavy atom. The van der Waals surface area contributed by atoms with Gasteiger partial charge in [-0.05, 0) is 86.5 Å². The molecule has 48 heavy (non-hydrogen) atoms. The summed E-state index contributed by atoms with van der Waals surface area (Å²) in [7, 11) is 1.67. The molecular formula is C38H36N6O4. The van der Waals surface area contributed by atoms with E-state index in [-0.39, 0.29) is 5.91 Å². The van der Waals surface area contributed by atoms with E-state index >= 15 is 0 Å². The monoisotopic (exact) mass is 640 g/mol. The molecule has 10 heteroatoms. The van der Waals surface area contributed by atoms with Crippen molar-refractivity contribution in [1.82, 2.24) is 19.9 Å². The van der Waals surface area contributed by atoms with Crippen molar-refractivity contribution in [2.24, 2.45) is 0 Å². The van der Waals surface area contributed by atoms with E-state index in [4.69, 9.17) is 14.5 Å². The number of anilines is 3. The number of benzene rings is 4. The molecule has 0 atom stereocenters. The van der Waals surface area contributed by atoms with Crippen molar-refractivity contribution in [2.45, 2.75) is 32.9 Å². The quantitative estimate of drug-likeness (QED) is 0.146. The van der Waals surface area contributed by atoms with Gasteiger partial charge in [0.2, 0.25) is 5.95 Å². The molecular weight excluding hydrogens is 604 g/mol. The van der Waals surface area contributed by atoms with Crippen molar-refractivity contribution in [3.8, 4) is 28.1 Å². The fraction of sp³-hybridized carbons (Fsp3) is 0.158. The lowest BCUT2D eigenvalue weighted by Crippen LogP contribution is -2.32. The van der Waals surface area contributed by atoms with Gasteiger partial charge in [-0.1, -0.05) is 54.6 Å². The van der Waals surface area contributed by atoms with Crippen LogP contribution in [0.15, 0.2) is 115 Å². The molecule has 4 aromatic carbocycles. The number of para-hydroxylation sites is 1. The van der Waals surface area contributed by atoms with Crippen LogP contribution in [-0.4, -0.2) is 39.3 Å². The van der Waals surface area contributed by atoms with Gasteiger partial charge in [0, 0.05) is 34.6 Å². The van der Waals surface area contributed by atoms with Crippen molar-refractivity contribution in [3.05, 3.63) is 127 Å².